The molecule has 70 valence electrons. The summed E-state index contributed by atoms with van der Waals surface area (Å²) in [5, 5.41) is 2.84. The summed E-state index contributed by atoms with van der Waals surface area (Å²) in [6, 6.07) is -0.267. The zero-order valence-corrected chi connectivity index (χ0v) is 7.50. The molecule has 12 heavy (non-hydrogen) atoms. The van der Waals surface area contributed by atoms with Crippen LogP contribution in [0.5, 0.6) is 0 Å². The summed E-state index contributed by atoms with van der Waals surface area (Å²) < 4.78 is 0. The molecule has 0 aromatic rings. The summed E-state index contributed by atoms with van der Waals surface area (Å²) in [5.41, 5.74) is 10.3. The number of nitrogens with two attached hydrogens (primary N) is 2. The lowest BCUT2D eigenvalue weighted by Crippen LogP contribution is -2.37. The molecule has 0 rings (SSSR count). The Hall–Kier alpha value is -1.10. The van der Waals surface area contributed by atoms with E-state index in [1.807, 2.05) is 6.92 Å². The molecule has 0 aliphatic heterocycles. The van der Waals surface area contributed by atoms with E-state index in [4.69, 9.17) is 11.5 Å². The van der Waals surface area contributed by atoms with Gasteiger partial charge in [0.1, 0.15) is 0 Å². The molecule has 5 N–H and O–H groups in total. The summed E-state index contributed by atoms with van der Waals surface area (Å²) in [6.07, 6.45) is 0.492. The number of nitrogens with one attached hydrogen (secondary N) is 1. The number of aliphatic imine (C=N–C) groups is 1. The van der Waals surface area contributed by atoms with Gasteiger partial charge in [0.25, 0.3) is 0 Å². The van der Waals surface area contributed by atoms with Crippen molar-refractivity contribution in [3.8, 4) is 0 Å². The number of likely N-dealkylation sites (N-methyl/N-ethyl adjacent to an activating group) is 1. The van der Waals surface area contributed by atoms with Gasteiger partial charge in [-0.05, 0) is 7.05 Å². The Morgan fingerprint density at radius 3 is 2.50 bits per heavy atom. The molecule has 0 aromatic heterocycles. The second kappa shape index (κ2) is 5.54. The maximum atomic E-state index is 11.1. The summed E-state index contributed by atoms with van der Waals surface area (Å²) >= 11 is 0. The third-order valence-corrected chi connectivity index (χ3v) is 1.54. The number of hydrogen-bond acceptors (Lipinski definition) is 3. The minimum absolute atomic E-state index is 0.0131. The first-order chi connectivity index (χ1) is 5.61. The quantitative estimate of drug-likeness (QED) is 0.359. The van der Waals surface area contributed by atoms with Crippen molar-refractivity contribution < 1.29 is 4.79 Å². The van der Waals surface area contributed by atoms with E-state index in [0.29, 0.717) is 13.0 Å². The summed E-state index contributed by atoms with van der Waals surface area (Å²) in [5.74, 6) is 0.127. The van der Waals surface area contributed by atoms with E-state index in [0.717, 1.165) is 0 Å². The number of rotatable bonds is 5. The highest BCUT2D eigenvalue weighted by Crippen LogP contribution is 1.91. The van der Waals surface area contributed by atoms with Gasteiger partial charge in [0.15, 0.2) is 11.7 Å². The summed E-state index contributed by atoms with van der Waals surface area (Å²) in [6.45, 7) is 2.12. The van der Waals surface area contributed by atoms with Crippen LogP contribution in [0.2, 0.25) is 0 Å². The van der Waals surface area contributed by atoms with Gasteiger partial charge in [-0.2, -0.15) is 0 Å². The van der Waals surface area contributed by atoms with Gasteiger partial charge in [-0.25, -0.2) is 0 Å². The van der Waals surface area contributed by atoms with Crippen LogP contribution in [-0.2, 0) is 4.79 Å². The molecular formula is C7H16N4O. The molecule has 0 fully saturated rings. The first-order valence-corrected chi connectivity index (χ1v) is 3.87. The van der Waals surface area contributed by atoms with E-state index in [1.54, 1.807) is 7.05 Å². The molecule has 5 heteroatoms. The van der Waals surface area contributed by atoms with Crippen molar-refractivity contribution in [1.82, 2.24) is 5.32 Å². The third kappa shape index (κ3) is 3.92. The average Bonchev–Trinajstić information content (AvgIpc) is 2.04. The third-order valence-electron chi connectivity index (χ3n) is 1.54. The van der Waals surface area contributed by atoms with E-state index < -0.39 is 0 Å². The highest BCUT2D eigenvalue weighted by atomic mass is 16.1. The molecule has 5 nitrogen and oxygen atoms in total. The van der Waals surface area contributed by atoms with Crippen molar-refractivity contribution in [2.45, 2.75) is 19.4 Å². The monoisotopic (exact) mass is 172 g/mol. The molecule has 0 radical (unpaired) electrons. The standard InChI is InChI=1S/C7H16N4O/c1-3-6(12)5(10-2)4-11-7(8)9/h5,10H,3-4H2,1-2H3,(H4,8,9,11)/t5-/m0/s1. The molecular weight excluding hydrogens is 156 g/mol. The lowest BCUT2D eigenvalue weighted by atomic mass is 10.1. The molecule has 0 spiro atoms. The molecule has 0 aromatic carbocycles. The van der Waals surface area contributed by atoms with Crippen LogP contribution in [0.25, 0.3) is 0 Å². The predicted molar refractivity (Wildman–Crippen MR) is 48.8 cm³/mol. The zero-order valence-electron chi connectivity index (χ0n) is 7.50. The average molecular weight is 172 g/mol. The normalized spacial score (nSPS) is 12.2. The molecule has 0 aliphatic carbocycles. The maximum absolute atomic E-state index is 11.1. The minimum Gasteiger partial charge on any atom is -0.370 e. The van der Waals surface area contributed by atoms with Crippen LogP contribution in [0.4, 0.5) is 0 Å². The Kier molecular flexibility index (Phi) is 5.03. The van der Waals surface area contributed by atoms with Gasteiger partial charge >= 0.3 is 0 Å². The van der Waals surface area contributed by atoms with Crippen molar-refractivity contribution in [1.29, 1.82) is 0 Å². The summed E-state index contributed by atoms with van der Waals surface area (Å²) in [4.78, 5) is 14.9. The van der Waals surface area contributed by atoms with Gasteiger partial charge in [-0.1, -0.05) is 6.92 Å². The van der Waals surface area contributed by atoms with Gasteiger partial charge in [0.2, 0.25) is 0 Å². The molecule has 0 saturated carbocycles. The van der Waals surface area contributed by atoms with Crippen LogP contribution in [0.15, 0.2) is 4.99 Å². The van der Waals surface area contributed by atoms with E-state index in [2.05, 4.69) is 10.3 Å². The van der Waals surface area contributed by atoms with Gasteiger partial charge < -0.3 is 16.8 Å². The Labute approximate surface area is 72.2 Å². The Morgan fingerprint density at radius 2 is 2.17 bits per heavy atom. The highest BCUT2D eigenvalue weighted by Gasteiger charge is 2.12. The SMILES string of the molecule is CCC(=O)[C@H](CN=C(N)N)NC. The number of nitrogens with zero attached hydrogens (tertiary/aromatic N) is 1. The summed E-state index contributed by atoms with van der Waals surface area (Å²) in [7, 11) is 1.71. The lowest BCUT2D eigenvalue weighted by Gasteiger charge is -2.10. The minimum atomic E-state index is -0.267. The second-order valence-corrected chi connectivity index (χ2v) is 2.43. The molecule has 0 heterocycles. The molecule has 0 aliphatic rings. The molecule has 0 unspecified atom stereocenters. The first kappa shape index (κ1) is 10.9. The van der Waals surface area contributed by atoms with Crippen LogP contribution in [-0.4, -0.2) is 31.4 Å². The van der Waals surface area contributed by atoms with Crippen molar-refractivity contribution in [2.24, 2.45) is 16.5 Å². The van der Waals surface area contributed by atoms with E-state index >= 15 is 0 Å². The Morgan fingerprint density at radius 1 is 1.58 bits per heavy atom. The van der Waals surface area contributed by atoms with Crippen molar-refractivity contribution in [3.05, 3.63) is 0 Å². The fourth-order valence-electron chi connectivity index (χ4n) is 0.797. The van der Waals surface area contributed by atoms with E-state index in [-0.39, 0.29) is 17.8 Å². The lowest BCUT2D eigenvalue weighted by molar-refractivity contribution is -0.120. The van der Waals surface area contributed by atoms with E-state index in [1.165, 1.54) is 0 Å². The van der Waals surface area contributed by atoms with E-state index in [9.17, 15) is 4.79 Å². The van der Waals surface area contributed by atoms with Crippen LogP contribution in [0.3, 0.4) is 0 Å². The number of carbonyl (C=O) groups is 1. The van der Waals surface area contributed by atoms with Crippen molar-refractivity contribution in [2.75, 3.05) is 13.6 Å². The highest BCUT2D eigenvalue weighted by molar-refractivity contribution is 5.84. The molecule has 0 saturated heterocycles. The van der Waals surface area contributed by atoms with Gasteiger partial charge in [0.05, 0.1) is 12.6 Å². The largest absolute Gasteiger partial charge is 0.370 e. The van der Waals surface area contributed by atoms with Gasteiger partial charge in [-0.15, -0.1) is 0 Å². The molecule has 1 atom stereocenters. The van der Waals surface area contributed by atoms with Crippen LogP contribution < -0.4 is 16.8 Å². The Balaban J connectivity index is 4.00. The molecule has 0 bridgehead atoms. The fraction of sp³-hybridized carbons (Fsp3) is 0.714. The smallest absolute Gasteiger partial charge is 0.185 e. The predicted octanol–water partition coefficient (Wildman–Crippen LogP) is -1.17. The first-order valence-electron chi connectivity index (χ1n) is 3.87. The number of guanidine groups is 1. The maximum Gasteiger partial charge on any atom is 0.185 e. The van der Waals surface area contributed by atoms with Gasteiger partial charge in [-0.3, -0.25) is 9.79 Å². The number of hydrogen-bond donors (Lipinski definition) is 3. The number of Topliss-reactive ketones (excluding diaryl/α,β-unsaturated/α-hetero) is 1. The van der Waals surface area contributed by atoms with Crippen LogP contribution >= 0.6 is 0 Å². The fourth-order valence-corrected chi connectivity index (χ4v) is 0.797. The van der Waals surface area contributed by atoms with Crippen molar-refractivity contribution in [3.63, 3.8) is 0 Å². The van der Waals surface area contributed by atoms with Crippen molar-refractivity contribution >= 4 is 11.7 Å². The number of carbonyl (C=O) groups excluding carboxylic acids is 1. The Bertz CT molecular complexity index is 174. The van der Waals surface area contributed by atoms with Gasteiger partial charge in [0, 0.05) is 6.42 Å². The van der Waals surface area contributed by atoms with Crippen LogP contribution in [0.1, 0.15) is 13.3 Å². The van der Waals surface area contributed by atoms with Crippen LogP contribution in [0, 0.1) is 0 Å². The topological polar surface area (TPSA) is 93.5 Å². The zero-order chi connectivity index (χ0) is 9.56. The molecule has 0 amide bonds. The number of ketones is 1. The second-order valence-electron chi connectivity index (χ2n) is 2.43.